The van der Waals surface area contributed by atoms with Crippen LogP contribution in [0.1, 0.15) is 43.0 Å². The van der Waals surface area contributed by atoms with Crippen molar-refractivity contribution < 1.29 is 17.9 Å². The molecular weight excluding hydrogens is 313 g/mol. The molecule has 0 aliphatic carbocycles. The van der Waals surface area contributed by atoms with Gasteiger partial charge >= 0.3 is 6.18 Å². The van der Waals surface area contributed by atoms with Crippen molar-refractivity contribution in [1.29, 1.82) is 0 Å². The summed E-state index contributed by atoms with van der Waals surface area (Å²) in [5.74, 6) is 0.0800. The summed E-state index contributed by atoms with van der Waals surface area (Å²) in [4.78, 5) is 7.56. The lowest BCUT2D eigenvalue weighted by Gasteiger charge is -2.16. The van der Waals surface area contributed by atoms with Gasteiger partial charge < -0.3 is 4.74 Å². The van der Waals surface area contributed by atoms with Crippen molar-refractivity contribution in [2.75, 3.05) is 7.11 Å². The van der Waals surface area contributed by atoms with Gasteiger partial charge in [-0.1, -0.05) is 29.3 Å². The van der Waals surface area contributed by atoms with E-state index < -0.39 is 18.0 Å². The molecule has 0 saturated carbocycles. The molecule has 3 nitrogen and oxygen atoms in total. The number of alkyl halides is 4. The summed E-state index contributed by atoms with van der Waals surface area (Å²) in [6.07, 6.45) is -2.42. The second-order valence-electron chi connectivity index (χ2n) is 3.75. The molecule has 0 saturated heterocycles. The smallest absolute Gasteiger partial charge is 0.373 e. The minimum absolute atomic E-state index is 0.0256. The summed E-state index contributed by atoms with van der Waals surface area (Å²) in [6.45, 7) is 1.92. The summed E-state index contributed by atoms with van der Waals surface area (Å²) < 4.78 is 43.6. The highest BCUT2D eigenvalue weighted by molar-refractivity contribution is 9.08. The molecule has 102 valence electrons. The monoisotopic (exact) mass is 326 g/mol. The number of rotatable bonds is 5. The van der Waals surface area contributed by atoms with E-state index in [1.807, 2.05) is 6.92 Å². The second kappa shape index (κ2) is 6.47. The average Bonchev–Trinajstić information content (AvgIpc) is 2.34. The van der Waals surface area contributed by atoms with Crippen LogP contribution in [0.3, 0.4) is 0 Å². The topological polar surface area (TPSA) is 35.0 Å². The number of methoxy groups -OCH3 is 1. The Morgan fingerprint density at radius 3 is 2.56 bits per heavy atom. The van der Waals surface area contributed by atoms with E-state index >= 15 is 0 Å². The Hall–Kier alpha value is -0.690. The third-order valence-electron chi connectivity index (χ3n) is 2.42. The zero-order valence-corrected chi connectivity index (χ0v) is 11.7. The molecule has 0 fully saturated rings. The van der Waals surface area contributed by atoms with Gasteiger partial charge in [-0.15, -0.1) is 0 Å². The van der Waals surface area contributed by atoms with Gasteiger partial charge in [0.15, 0.2) is 11.5 Å². The molecule has 0 radical (unpaired) electrons. The predicted molar refractivity (Wildman–Crippen MR) is 64.3 cm³/mol. The number of halogens is 4. The van der Waals surface area contributed by atoms with Crippen LogP contribution in [0.2, 0.25) is 0 Å². The number of aromatic nitrogens is 2. The molecule has 0 aliphatic rings. The molecule has 1 atom stereocenters. The van der Waals surface area contributed by atoms with Crippen molar-refractivity contribution in [3.63, 3.8) is 0 Å². The first-order valence-electron chi connectivity index (χ1n) is 5.45. The Kier molecular flexibility index (Phi) is 5.52. The van der Waals surface area contributed by atoms with Crippen LogP contribution in [0, 0.1) is 0 Å². The molecule has 1 aromatic heterocycles. The van der Waals surface area contributed by atoms with E-state index in [-0.39, 0.29) is 16.7 Å². The van der Waals surface area contributed by atoms with E-state index in [0.717, 1.165) is 6.42 Å². The molecule has 18 heavy (non-hydrogen) atoms. The summed E-state index contributed by atoms with van der Waals surface area (Å²) >= 11 is 3.00. The zero-order chi connectivity index (χ0) is 13.8. The Morgan fingerprint density at radius 2 is 2.11 bits per heavy atom. The molecule has 1 unspecified atom stereocenters. The molecular formula is C11H14BrF3N2O. The third kappa shape index (κ3) is 3.65. The normalized spacial score (nSPS) is 13.7. The fourth-order valence-electron chi connectivity index (χ4n) is 1.53. The van der Waals surface area contributed by atoms with E-state index in [1.165, 1.54) is 13.3 Å². The SMILES string of the molecule is CCCC(OC)c1ncc(CBr)c(C(F)(F)F)n1. The molecule has 0 bridgehead atoms. The average molecular weight is 327 g/mol. The molecule has 0 aliphatic heterocycles. The van der Waals surface area contributed by atoms with Crippen LogP contribution in [0.5, 0.6) is 0 Å². The zero-order valence-electron chi connectivity index (χ0n) is 10.1. The quantitative estimate of drug-likeness (QED) is 0.770. The largest absolute Gasteiger partial charge is 0.433 e. The molecule has 0 aromatic carbocycles. The minimum atomic E-state index is -4.48. The maximum atomic E-state index is 12.8. The first kappa shape index (κ1) is 15.4. The number of hydrogen-bond acceptors (Lipinski definition) is 3. The van der Waals surface area contributed by atoms with E-state index in [2.05, 4.69) is 25.9 Å². The van der Waals surface area contributed by atoms with Gasteiger partial charge in [-0.05, 0) is 6.42 Å². The van der Waals surface area contributed by atoms with Crippen molar-refractivity contribution in [2.45, 2.75) is 37.4 Å². The number of nitrogens with zero attached hydrogens (tertiary/aromatic N) is 2. The van der Waals surface area contributed by atoms with Gasteiger partial charge in [0.1, 0.15) is 6.10 Å². The van der Waals surface area contributed by atoms with Gasteiger partial charge in [-0.3, -0.25) is 0 Å². The van der Waals surface area contributed by atoms with Crippen LogP contribution < -0.4 is 0 Å². The van der Waals surface area contributed by atoms with Crippen LogP contribution >= 0.6 is 15.9 Å². The van der Waals surface area contributed by atoms with Gasteiger partial charge in [0, 0.05) is 24.2 Å². The van der Waals surface area contributed by atoms with Gasteiger partial charge in [0.05, 0.1) is 0 Å². The third-order valence-corrected chi connectivity index (χ3v) is 3.02. The van der Waals surface area contributed by atoms with Crippen molar-refractivity contribution in [1.82, 2.24) is 9.97 Å². The van der Waals surface area contributed by atoms with Crippen molar-refractivity contribution in [3.05, 3.63) is 23.3 Å². The van der Waals surface area contributed by atoms with E-state index in [4.69, 9.17) is 4.74 Å². The van der Waals surface area contributed by atoms with E-state index in [1.54, 1.807) is 0 Å². The maximum Gasteiger partial charge on any atom is 0.433 e. The Labute approximate surface area is 112 Å². The second-order valence-corrected chi connectivity index (χ2v) is 4.31. The number of hydrogen-bond donors (Lipinski definition) is 0. The summed E-state index contributed by atoms with van der Waals surface area (Å²) in [6, 6.07) is 0. The molecule has 7 heteroatoms. The van der Waals surface area contributed by atoms with Crippen LogP contribution in [0.4, 0.5) is 13.2 Å². The van der Waals surface area contributed by atoms with E-state index in [0.29, 0.717) is 6.42 Å². The van der Waals surface area contributed by atoms with Gasteiger partial charge in [-0.2, -0.15) is 13.2 Å². The first-order valence-corrected chi connectivity index (χ1v) is 6.57. The van der Waals surface area contributed by atoms with Crippen molar-refractivity contribution in [3.8, 4) is 0 Å². The van der Waals surface area contributed by atoms with Gasteiger partial charge in [0.2, 0.25) is 0 Å². The fourth-order valence-corrected chi connectivity index (χ4v) is 1.94. The molecule has 1 aromatic rings. The Morgan fingerprint density at radius 1 is 1.44 bits per heavy atom. The van der Waals surface area contributed by atoms with Gasteiger partial charge in [-0.25, -0.2) is 9.97 Å². The minimum Gasteiger partial charge on any atom is -0.373 e. The Balaban J connectivity index is 3.17. The highest BCUT2D eigenvalue weighted by atomic mass is 79.9. The van der Waals surface area contributed by atoms with Crippen LogP contribution in [0.15, 0.2) is 6.20 Å². The highest BCUT2D eigenvalue weighted by Gasteiger charge is 2.36. The maximum absolute atomic E-state index is 12.8. The fraction of sp³-hybridized carbons (Fsp3) is 0.636. The van der Waals surface area contributed by atoms with Crippen LogP contribution in [-0.4, -0.2) is 17.1 Å². The number of ether oxygens (including phenoxy) is 1. The van der Waals surface area contributed by atoms with Gasteiger partial charge in [0.25, 0.3) is 0 Å². The lowest BCUT2D eigenvalue weighted by Crippen LogP contribution is -2.16. The molecule has 1 rings (SSSR count). The summed E-state index contributed by atoms with van der Waals surface area (Å²) in [5, 5.41) is 0.0630. The van der Waals surface area contributed by atoms with Crippen molar-refractivity contribution >= 4 is 15.9 Å². The molecule has 1 heterocycles. The summed E-state index contributed by atoms with van der Waals surface area (Å²) in [5.41, 5.74) is -0.875. The van der Waals surface area contributed by atoms with E-state index in [9.17, 15) is 13.2 Å². The highest BCUT2D eigenvalue weighted by Crippen LogP contribution is 2.32. The van der Waals surface area contributed by atoms with Crippen molar-refractivity contribution in [2.24, 2.45) is 0 Å². The molecule has 0 spiro atoms. The standard InChI is InChI=1S/C11H14BrF3N2O/c1-3-4-8(18-2)10-16-6-7(5-12)9(17-10)11(13,14)15/h6,8H,3-5H2,1-2H3. The lowest BCUT2D eigenvalue weighted by atomic mass is 10.2. The summed E-state index contributed by atoms with van der Waals surface area (Å²) in [7, 11) is 1.44. The van der Waals surface area contributed by atoms with Crippen LogP contribution in [-0.2, 0) is 16.2 Å². The lowest BCUT2D eigenvalue weighted by molar-refractivity contribution is -0.142. The predicted octanol–water partition coefficient (Wildman–Crippen LogP) is 3.88. The molecule has 0 amide bonds. The van der Waals surface area contributed by atoms with Crippen LogP contribution in [0.25, 0.3) is 0 Å². The Bertz CT molecular complexity index is 398. The molecule has 0 N–H and O–H groups in total. The first-order chi connectivity index (χ1) is 8.43.